The molecule has 0 aromatic heterocycles. The Morgan fingerprint density at radius 2 is 1.76 bits per heavy atom. The first kappa shape index (κ1) is 26.6. The van der Waals surface area contributed by atoms with Crippen molar-refractivity contribution in [2.75, 3.05) is 18.7 Å². The Bertz CT molecular complexity index is 1460. The zero-order valence-electron chi connectivity index (χ0n) is 19.8. The molecule has 0 saturated carbocycles. The average molecular weight is 564 g/mol. The topological polar surface area (TPSA) is 114 Å². The van der Waals surface area contributed by atoms with Gasteiger partial charge in [0.2, 0.25) is 12.7 Å². The van der Waals surface area contributed by atoms with Crippen molar-refractivity contribution in [3.63, 3.8) is 0 Å². The molecule has 194 valence electrons. The molecule has 1 aliphatic heterocycles. The van der Waals surface area contributed by atoms with Crippen molar-refractivity contribution in [2.45, 2.75) is 24.3 Å². The fourth-order valence-corrected chi connectivity index (χ4v) is 5.43. The third-order valence-corrected chi connectivity index (χ3v) is 7.80. The summed E-state index contributed by atoms with van der Waals surface area (Å²) in [6.07, 6.45) is -0.0262. The Morgan fingerprint density at radius 3 is 2.49 bits per heavy atom. The Morgan fingerprint density at radius 1 is 1.03 bits per heavy atom. The number of carbonyl (C=O) groups is 2. The number of carbonyl (C=O) groups excluding carboxylic acids is 2. The lowest BCUT2D eigenvalue weighted by molar-refractivity contribution is -0.120. The Kier molecular flexibility index (Phi) is 7.82. The molecule has 1 aliphatic rings. The zero-order chi connectivity index (χ0) is 26.7. The van der Waals surface area contributed by atoms with Crippen LogP contribution in [0.2, 0.25) is 10.0 Å². The zero-order valence-corrected chi connectivity index (χ0v) is 22.2. The monoisotopic (exact) mass is 563 g/mol. The lowest BCUT2D eigenvalue weighted by Gasteiger charge is -2.25. The fourth-order valence-electron chi connectivity index (χ4n) is 3.78. The molecule has 0 spiro atoms. The van der Waals surface area contributed by atoms with E-state index in [0.717, 1.165) is 0 Å². The van der Waals surface area contributed by atoms with Crippen molar-refractivity contribution in [2.24, 2.45) is 0 Å². The molecule has 1 unspecified atom stereocenters. The number of urea groups is 1. The van der Waals surface area contributed by atoms with Crippen LogP contribution in [0.4, 0.5) is 10.5 Å². The van der Waals surface area contributed by atoms with Gasteiger partial charge in [0.15, 0.2) is 11.5 Å². The summed E-state index contributed by atoms with van der Waals surface area (Å²) in [5.41, 5.74) is 1.48. The first-order chi connectivity index (χ1) is 17.5. The van der Waals surface area contributed by atoms with Gasteiger partial charge < -0.3 is 19.7 Å². The van der Waals surface area contributed by atoms with Crippen LogP contribution >= 0.6 is 23.2 Å². The van der Waals surface area contributed by atoms with Gasteiger partial charge in [-0.15, -0.1) is 0 Å². The number of sulfonamides is 1. The van der Waals surface area contributed by atoms with E-state index < -0.39 is 28.0 Å². The first-order valence-corrected chi connectivity index (χ1v) is 13.3. The van der Waals surface area contributed by atoms with Crippen molar-refractivity contribution in [1.29, 1.82) is 0 Å². The van der Waals surface area contributed by atoms with Crippen LogP contribution in [-0.4, -0.2) is 40.2 Å². The van der Waals surface area contributed by atoms with Crippen LogP contribution < -0.4 is 24.4 Å². The third-order valence-electron chi connectivity index (χ3n) is 5.73. The summed E-state index contributed by atoms with van der Waals surface area (Å²) >= 11 is 12.3. The predicted octanol–water partition coefficient (Wildman–Crippen LogP) is 4.29. The lowest BCUT2D eigenvalue weighted by atomic mass is 10.0. The molecular weight excluding hydrogens is 541 g/mol. The molecule has 0 radical (unpaired) electrons. The van der Waals surface area contributed by atoms with Gasteiger partial charge in [0.25, 0.3) is 10.0 Å². The van der Waals surface area contributed by atoms with Crippen LogP contribution in [0.25, 0.3) is 0 Å². The number of nitrogens with one attached hydrogen (secondary N) is 2. The highest BCUT2D eigenvalue weighted by atomic mass is 35.5. The Hall–Kier alpha value is -3.47. The maximum atomic E-state index is 13.5. The van der Waals surface area contributed by atoms with E-state index in [0.29, 0.717) is 38.4 Å². The van der Waals surface area contributed by atoms with E-state index in [1.165, 1.54) is 24.1 Å². The molecule has 0 aliphatic carbocycles. The molecule has 0 saturated heterocycles. The Balaban J connectivity index is 1.59. The molecule has 3 amide bonds. The van der Waals surface area contributed by atoms with E-state index in [-0.39, 0.29) is 18.1 Å². The van der Waals surface area contributed by atoms with Crippen LogP contribution in [0.5, 0.6) is 11.5 Å². The number of anilines is 1. The number of amides is 3. The number of aryl methyl sites for hydroxylation is 1. The van der Waals surface area contributed by atoms with Gasteiger partial charge in [-0.1, -0.05) is 47.5 Å². The van der Waals surface area contributed by atoms with Gasteiger partial charge in [-0.05, 0) is 48.4 Å². The number of hydrogen-bond acceptors (Lipinski definition) is 6. The third kappa shape index (κ3) is 6.10. The molecule has 2 N–H and O–H groups in total. The maximum Gasteiger partial charge on any atom is 0.329 e. The minimum atomic E-state index is -4.19. The normalized spacial score (nSPS) is 13.1. The summed E-state index contributed by atoms with van der Waals surface area (Å²) in [6, 6.07) is 13.7. The predicted molar refractivity (Wildman–Crippen MR) is 140 cm³/mol. The molecule has 4 rings (SSSR count). The molecule has 0 bridgehead atoms. The van der Waals surface area contributed by atoms with Gasteiger partial charge in [-0.2, -0.15) is 0 Å². The van der Waals surface area contributed by atoms with Crippen molar-refractivity contribution in [1.82, 2.24) is 10.0 Å². The highest BCUT2D eigenvalue weighted by Crippen LogP contribution is 2.35. The van der Waals surface area contributed by atoms with Crippen molar-refractivity contribution < 1.29 is 27.5 Å². The van der Waals surface area contributed by atoms with Gasteiger partial charge in [0, 0.05) is 35.3 Å². The van der Waals surface area contributed by atoms with Gasteiger partial charge >= 0.3 is 6.03 Å². The van der Waals surface area contributed by atoms with E-state index in [1.54, 1.807) is 55.5 Å². The molecule has 3 aromatic carbocycles. The maximum absolute atomic E-state index is 13.5. The minimum Gasteiger partial charge on any atom is -0.454 e. The number of rotatable bonds is 7. The number of ether oxygens (including phenoxy) is 2. The molecule has 0 fully saturated rings. The number of halogens is 2. The van der Waals surface area contributed by atoms with E-state index >= 15 is 0 Å². The summed E-state index contributed by atoms with van der Waals surface area (Å²) in [6.45, 7) is 1.69. The Labute approximate surface area is 224 Å². The van der Waals surface area contributed by atoms with Gasteiger partial charge in [0.05, 0.1) is 4.90 Å². The van der Waals surface area contributed by atoms with Gasteiger partial charge in [-0.3, -0.25) is 4.79 Å². The molecule has 1 heterocycles. The minimum absolute atomic E-state index is 0.0262. The molecule has 9 nitrogen and oxygen atoms in total. The quantitative estimate of drug-likeness (QED) is 0.443. The standard InChI is InChI=1S/C25H23Cl2N3O6S/c1-15-5-3-4-6-23(15)37(33,34)29-25(32)28-20(11-16-7-8-17(26)12-19(16)27)24(31)30(2)18-9-10-21-22(13-18)36-14-35-21/h3-10,12-13,20H,11,14H2,1-2H3,(H2,28,29,32). The second-order valence-electron chi connectivity index (χ2n) is 8.27. The van der Waals surface area contributed by atoms with Crippen molar-refractivity contribution in [3.8, 4) is 11.5 Å². The summed E-state index contributed by atoms with van der Waals surface area (Å²) in [5, 5.41) is 3.19. The van der Waals surface area contributed by atoms with Crippen molar-refractivity contribution >= 4 is 50.9 Å². The second kappa shape index (κ2) is 10.9. The first-order valence-electron chi connectivity index (χ1n) is 11.1. The summed E-state index contributed by atoms with van der Waals surface area (Å²) < 4.78 is 38.3. The SMILES string of the molecule is Cc1ccccc1S(=O)(=O)NC(=O)NC(Cc1ccc(Cl)cc1Cl)C(=O)N(C)c1ccc2c(c1)OCO2. The highest BCUT2D eigenvalue weighted by Gasteiger charge is 2.29. The van der Waals surface area contributed by atoms with Crippen LogP contribution in [0.15, 0.2) is 65.6 Å². The number of nitrogens with zero attached hydrogens (tertiary/aromatic N) is 1. The van der Waals surface area contributed by atoms with Crippen LogP contribution in [-0.2, 0) is 21.2 Å². The summed E-state index contributed by atoms with van der Waals surface area (Å²) in [7, 11) is -2.66. The molecule has 1 atom stereocenters. The smallest absolute Gasteiger partial charge is 0.329 e. The summed E-state index contributed by atoms with van der Waals surface area (Å²) in [5.74, 6) is 0.505. The highest BCUT2D eigenvalue weighted by molar-refractivity contribution is 7.90. The van der Waals surface area contributed by atoms with E-state index in [9.17, 15) is 18.0 Å². The molecular formula is C25H23Cl2N3O6S. The van der Waals surface area contributed by atoms with Crippen molar-refractivity contribution in [3.05, 3.63) is 81.8 Å². The largest absolute Gasteiger partial charge is 0.454 e. The molecule has 12 heteroatoms. The van der Waals surface area contributed by atoms with E-state index in [1.807, 2.05) is 4.72 Å². The van der Waals surface area contributed by atoms with Crippen LogP contribution in [0, 0.1) is 6.92 Å². The number of fused-ring (bicyclic) bond motifs is 1. The van der Waals surface area contributed by atoms with Crippen LogP contribution in [0.3, 0.4) is 0 Å². The summed E-state index contributed by atoms with van der Waals surface area (Å²) in [4.78, 5) is 27.7. The van der Waals surface area contributed by atoms with Crippen LogP contribution in [0.1, 0.15) is 11.1 Å². The molecule has 37 heavy (non-hydrogen) atoms. The number of likely N-dealkylation sites (N-methyl/N-ethyl adjacent to an activating group) is 1. The van der Waals surface area contributed by atoms with E-state index in [2.05, 4.69) is 5.32 Å². The van der Waals surface area contributed by atoms with E-state index in [4.69, 9.17) is 32.7 Å². The van der Waals surface area contributed by atoms with Gasteiger partial charge in [0.1, 0.15) is 6.04 Å². The average Bonchev–Trinajstić information content (AvgIpc) is 3.32. The molecule has 3 aromatic rings. The number of benzene rings is 3. The fraction of sp³-hybridized carbons (Fsp3) is 0.200. The second-order valence-corrected chi connectivity index (χ2v) is 10.8. The van der Waals surface area contributed by atoms with Gasteiger partial charge in [-0.25, -0.2) is 17.9 Å². The number of hydrogen-bond donors (Lipinski definition) is 2. The lowest BCUT2D eigenvalue weighted by Crippen LogP contribution is -2.52.